The fourth-order valence-electron chi connectivity index (χ4n) is 2.24. The maximum atomic E-state index is 11.1. The molecular weight excluding hydrogens is 290 g/mol. The zero-order valence-electron chi connectivity index (χ0n) is 13.0. The van der Waals surface area contributed by atoms with E-state index in [4.69, 9.17) is 10.00 Å². The van der Waals surface area contributed by atoms with Crippen LogP contribution in [0.4, 0.5) is 0 Å². The molecule has 23 heavy (non-hydrogen) atoms. The van der Waals surface area contributed by atoms with Gasteiger partial charge in [0, 0.05) is 0 Å². The quantitative estimate of drug-likeness (QED) is 0.788. The summed E-state index contributed by atoms with van der Waals surface area (Å²) in [6.45, 7) is 2.00. The van der Waals surface area contributed by atoms with Gasteiger partial charge >= 0.3 is 0 Å². The smallest absolute Gasteiger partial charge is 0.138 e. The zero-order chi connectivity index (χ0) is 16.7. The van der Waals surface area contributed by atoms with Crippen LogP contribution in [0.25, 0.3) is 11.1 Å². The van der Waals surface area contributed by atoms with Gasteiger partial charge in [-0.05, 0) is 48.2 Å². The fraction of sp³-hybridized carbons (Fsp3) is 0.263. The van der Waals surface area contributed by atoms with Crippen molar-refractivity contribution in [3.63, 3.8) is 0 Å². The fourth-order valence-corrected chi connectivity index (χ4v) is 2.24. The van der Waals surface area contributed by atoms with Crippen molar-refractivity contribution < 1.29 is 14.6 Å². The monoisotopic (exact) mass is 308 g/mol. The number of carbonyl (C=O) groups excluding carboxylic acids is 1. The summed E-state index contributed by atoms with van der Waals surface area (Å²) in [5.74, 6) is -0.678. The second-order valence-electron chi connectivity index (χ2n) is 5.28. The maximum Gasteiger partial charge on any atom is 0.138 e. The van der Waals surface area contributed by atoms with Gasteiger partial charge in [0.15, 0.2) is 0 Å². The molecule has 2 aromatic rings. The Morgan fingerprint density at radius 3 is 2.17 bits per heavy atom. The molecule has 118 valence electrons. The molecule has 0 N–H and O–H groups in total. The van der Waals surface area contributed by atoms with Crippen molar-refractivity contribution in [1.29, 1.82) is 5.26 Å². The van der Waals surface area contributed by atoms with E-state index in [-0.39, 0.29) is 0 Å². The van der Waals surface area contributed by atoms with E-state index in [1.54, 1.807) is 24.3 Å². The molecule has 0 fully saturated rings. The van der Waals surface area contributed by atoms with Crippen LogP contribution in [0.3, 0.4) is 0 Å². The van der Waals surface area contributed by atoms with Gasteiger partial charge in [-0.25, -0.2) is 0 Å². The second kappa shape index (κ2) is 8.00. The first kappa shape index (κ1) is 16.6. The zero-order valence-corrected chi connectivity index (χ0v) is 13.0. The molecule has 2 aromatic carbocycles. The summed E-state index contributed by atoms with van der Waals surface area (Å²) in [5, 5.41) is 19.9. The molecule has 0 saturated carbocycles. The number of hydrogen-bond donors (Lipinski definition) is 0. The number of rotatable bonds is 7. The lowest BCUT2D eigenvalue weighted by Crippen LogP contribution is -2.39. The van der Waals surface area contributed by atoms with Gasteiger partial charge in [0.1, 0.15) is 11.9 Å². The highest BCUT2D eigenvalue weighted by atomic mass is 16.5. The normalized spacial score (nSPS) is 11.5. The number of aliphatic carboxylic acids is 1. The third kappa shape index (κ3) is 4.58. The Bertz CT molecular complexity index is 684. The lowest BCUT2D eigenvalue weighted by atomic mass is 10.0. The first-order valence-electron chi connectivity index (χ1n) is 7.62. The molecule has 0 amide bonds. The number of hydrogen-bond acceptors (Lipinski definition) is 4. The first-order chi connectivity index (χ1) is 11.1. The van der Waals surface area contributed by atoms with Gasteiger partial charge in [-0.15, -0.1) is 0 Å². The summed E-state index contributed by atoms with van der Waals surface area (Å²) in [7, 11) is 0. The molecular formula is C19H18NO3-. The Balaban J connectivity index is 2.08. The van der Waals surface area contributed by atoms with Crippen LogP contribution in [0.5, 0.6) is 5.75 Å². The molecule has 0 heterocycles. The van der Waals surface area contributed by atoms with Gasteiger partial charge in [0.2, 0.25) is 0 Å². The number of carboxylic acid groups (broad SMARTS) is 1. The number of benzene rings is 2. The largest absolute Gasteiger partial charge is 0.546 e. The van der Waals surface area contributed by atoms with Gasteiger partial charge in [-0.2, -0.15) is 5.26 Å². The molecule has 4 heteroatoms. The third-order valence-corrected chi connectivity index (χ3v) is 3.56. The second-order valence-corrected chi connectivity index (χ2v) is 5.28. The average molecular weight is 308 g/mol. The lowest BCUT2D eigenvalue weighted by Gasteiger charge is -2.20. The summed E-state index contributed by atoms with van der Waals surface area (Å²) >= 11 is 0. The number of unbranched alkanes of at least 4 members (excludes halogenated alkanes) is 1. The topological polar surface area (TPSA) is 73.1 Å². The standard InChI is InChI=1S/C19H19NO3/c1-2-3-4-18(19(21)22)23-17-11-9-16(10-12-17)15-7-5-14(13-20)6-8-15/h5-12,18H,2-4H2,1H3,(H,21,22)/p-1. The van der Waals surface area contributed by atoms with Crippen LogP contribution in [-0.2, 0) is 4.79 Å². The van der Waals surface area contributed by atoms with Crippen molar-refractivity contribution in [1.82, 2.24) is 0 Å². The molecule has 0 aliphatic carbocycles. The van der Waals surface area contributed by atoms with Crippen molar-refractivity contribution in [3.8, 4) is 22.9 Å². The van der Waals surface area contributed by atoms with E-state index in [2.05, 4.69) is 6.07 Å². The Kier molecular flexibility index (Phi) is 5.76. The van der Waals surface area contributed by atoms with Gasteiger partial charge in [0.05, 0.1) is 17.6 Å². The molecule has 0 bridgehead atoms. The number of carboxylic acids is 1. The SMILES string of the molecule is CCCCC(Oc1ccc(-c2ccc(C#N)cc2)cc1)C(=O)[O-]. The Hall–Kier alpha value is -2.80. The first-order valence-corrected chi connectivity index (χ1v) is 7.62. The number of ether oxygens (including phenoxy) is 1. The van der Waals surface area contributed by atoms with Crippen LogP contribution in [0, 0.1) is 11.3 Å². The van der Waals surface area contributed by atoms with E-state index in [0.717, 1.165) is 24.0 Å². The molecule has 4 nitrogen and oxygen atoms in total. The minimum absolute atomic E-state index is 0.441. The predicted molar refractivity (Wildman–Crippen MR) is 85.5 cm³/mol. The van der Waals surface area contributed by atoms with Crippen LogP contribution in [0.2, 0.25) is 0 Å². The van der Waals surface area contributed by atoms with Crippen LogP contribution >= 0.6 is 0 Å². The number of nitrogens with zero attached hydrogens (tertiary/aromatic N) is 1. The third-order valence-electron chi connectivity index (χ3n) is 3.56. The van der Waals surface area contributed by atoms with E-state index >= 15 is 0 Å². The predicted octanol–water partition coefficient (Wildman–Crippen LogP) is 2.91. The summed E-state index contributed by atoms with van der Waals surface area (Å²) in [5.41, 5.74) is 2.57. The van der Waals surface area contributed by atoms with Crippen LogP contribution in [-0.4, -0.2) is 12.1 Å². The maximum absolute atomic E-state index is 11.1. The van der Waals surface area contributed by atoms with Gasteiger partial charge in [-0.3, -0.25) is 0 Å². The molecule has 0 spiro atoms. The van der Waals surface area contributed by atoms with E-state index in [1.807, 2.05) is 31.2 Å². The van der Waals surface area contributed by atoms with E-state index in [1.165, 1.54) is 0 Å². The van der Waals surface area contributed by atoms with Crippen LogP contribution in [0.15, 0.2) is 48.5 Å². The summed E-state index contributed by atoms with van der Waals surface area (Å²) in [4.78, 5) is 11.1. The van der Waals surface area contributed by atoms with Crippen molar-refractivity contribution in [3.05, 3.63) is 54.1 Å². The molecule has 0 saturated heterocycles. The Labute approximate surface area is 136 Å². The summed E-state index contributed by atoms with van der Waals surface area (Å²) in [6, 6.07) is 16.6. The number of nitriles is 1. The van der Waals surface area contributed by atoms with Crippen molar-refractivity contribution in [2.75, 3.05) is 0 Å². The van der Waals surface area contributed by atoms with E-state index in [9.17, 15) is 9.90 Å². The molecule has 0 aromatic heterocycles. The van der Waals surface area contributed by atoms with Crippen LogP contribution in [0.1, 0.15) is 31.7 Å². The molecule has 0 radical (unpaired) electrons. The average Bonchev–Trinajstić information content (AvgIpc) is 2.59. The summed E-state index contributed by atoms with van der Waals surface area (Å²) < 4.78 is 5.50. The molecule has 1 unspecified atom stereocenters. The van der Waals surface area contributed by atoms with Crippen molar-refractivity contribution >= 4 is 5.97 Å². The Morgan fingerprint density at radius 1 is 1.13 bits per heavy atom. The van der Waals surface area contributed by atoms with Gasteiger partial charge in [0.25, 0.3) is 0 Å². The highest BCUT2D eigenvalue weighted by Crippen LogP contribution is 2.23. The van der Waals surface area contributed by atoms with Crippen LogP contribution < -0.4 is 9.84 Å². The van der Waals surface area contributed by atoms with E-state index < -0.39 is 12.1 Å². The molecule has 1 atom stereocenters. The minimum Gasteiger partial charge on any atom is -0.546 e. The van der Waals surface area contributed by atoms with Gasteiger partial charge < -0.3 is 14.6 Å². The molecule has 0 aliphatic heterocycles. The number of carbonyl (C=O) groups is 1. The minimum atomic E-state index is -1.19. The molecule has 0 aliphatic rings. The highest BCUT2D eigenvalue weighted by Gasteiger charge is 2.11. The Morgan fingerprint density at radius 2 is 1.70 bits per heavy atom. The van der Waals surface area contributed by atoms with Gasteiger partial charge in [-0.1, -0.05) is 37.6 Å². The summed E-state index contributed by atoms with van der Waals surface area (Å²) in [6.07, 6.45) is 1.21. The lowest BCUT2D eigenvalue weighted by molar-refractivity contribution is -0.313. The molecule has 2 rings (SSSR count). The van der Waals surface area contributed by atoms with E-state index in [0.29, 0.717) is 17.7 Å². The van der Waals surface area contributed by atoms with Crippen molar-refractivity contribution in [2.45, 2.75) is 32.3 Å². The van der Waals surface area contributed by atoms with Crippen molar-refractivity contribution in [2.24, 2.45) is 0 Å². The highest BCUT2D eigenvalue weighted by molar-refractivity contribution is 5.70.